The normalized spacial score (nSPS) is 10.5. The molecule has 0 radical (unpaired) electrons. The maximum Gasteiger partial charge on any atom is 4.00 e. The van der Waals surface area contributed by atoms with Crippen LogP contribution in [0.2, 0.25) is 0 Å². The zero-order valence-electron chi connectivity index (χ0n) is 4.49. The predicted octanol–water partition coefficient (Wildman–Crippen LogP) is -2.68. The third-order valence-corrected chi connectivity index (χ3v) is 0. The SMILES string of the molecule is O=S(=O)([O-])[O-].O=S(=O)([O-])[O-].[Cr+4]. The van der Waals surface area contributed by atoms with E-state index in [2.05, 4.69) is 0 Å². The van der Waals surface area contributed by atoms with Crippen molar-refractivity contribution in [2.75, 3.05) is 0 Å². The first kappa shape index (κ1) is 17.4. The van der Waals surface area contributed by atoms with Crippen LogP contribution < -0.4 is 0 Å². The molecular formula is CrO8S2. The third-order valence-electron chi connectivity index (χ3n) is 0. The molecule has 0 aromatic carbocycles. The van der Waals surface area contributed by atoms with Gasteiger partial charge in [-0.05, 0) is 0 Å². The van der Waals surface area contributed by atoms with Crippen molar-refractivity contribution in [3.05, 3.63) is 0 Å². The molecule has 0 aromatic heterocycles. The first-order valence-electron chi connectivity index (χ1n) is 1.33. The maximum absolute atomic E-state index is 8.52. The van der Waals surface area contributed by atoms with Gasteiger partial charge in [-0.3, -0.25) is 16.8 Å². The van der Waals surface area contributed by atoms with Crippen molar-refractivity contribution in [1.29, 1.82) is 0 Å². The van der Waals surface area contributed by atoms with Crippen LogP contribution >= 0.6 is 0 Å². The molecule has 0 heterocycles. The van der Waals surface area contributed by atoms with E-state index in [9.17, 15) is 0 Å². The fourth-order valence-corrected chi connectivity index (χ4v) is 0. The Hall–Kier alpha value is 0.272. The van der Waals surface area contributed by atoms with Crippen molar-refractivity contribution in [2.45, 2.75) is 0 Å². The molecule has 0 bridgehead atoms. The van der Waals surface area contributed by atoms with Crippen LogP contribution in [0.1, 0.15) is 0 Å². The average molecular weight is 244 g/mol. The summed E-state index contributed by atoms with van der Waals surface area (Å²) >= 11 is 0. The van der Waals surface area contributed by atoms with E-state index in [1.807, 2.05) is 0 Å². The molecule has 0 rings (SSSR count). The van der Waals surface area contributed by atoms with Crippen LogP contribution in [0.15, 0.2) is 0 Å². The van der Waals surface area contributed by atoms with Gasteiger partial charge in [-0.25, -0.2) is 0 Å². The van der Waals surface area contributed by atoms with E-state index >= 15 is 0 Å². The van der Waals surface area contributed by atoms with Crippen molar-refractivity contribution in [3.63, 3.8) is 0 Å². The van der Waals surface area contributed by atoms with Gasteiger partial charge in [-0.2, -0.15) is 0 Å². The summed E-state index contributed by atoms with van der Waals surface area (Å²) < 4.78 is 68.2. The monoisotopic (exact) mass is 244 g/mol. The van der Waals surface area contributed by atoms with E-state index in [0.29, 0.717) is 0 Å². The van der Waals surface area contributed by atoms with Crippen molar-refractivity contribution in [2.24, 2.45) is 0 Å². The molecule has 0 N–H and O–H groups in total. The van der Waals surface area contributed by atoms with Gasteiger partial charge in [-0.1, -0.05) is 0 Å². The van der Waals surface area contributed by atoms with Gasteiger partial charge in [0.2, 0.25) is 0 Å². The molecule has 8 nitrogen and oxygen atoms in total. The number of hydrogen-bond donors (Lipinski definition) is 0. The Morgan fingerprint density at radius 3 is 0.636 bits per heavy atom. The fraction of sp³-hybridized carbons (Fsp3) is 0. The molecule has 66 valence electrons. The second-order valence-electron chi connectivity index (χ2n) is 0.816. The zero-order valence-corrected chi connectivity index (χ0v) is 7.40. The standard InChI is InChI=1S/Cr.2H2O4S/c;2*1-5(2,3)4/h;2*(H2,1,2,3,4)/q+4;;/p-4. The minimum Gasteiger partial charge on any atom is -0.759 e. The molecule has 0 aliphatic rings. The summed E-state index contributed by atoms with van der Waals surface area (Å²) in [6, 6.07) is 0. The smallest absolute Gasteiger partial charge is 0.759 e. The van der Waals surface area contributed by atoms with Gasteiger partial charge in [0.25, 0.3) is 0 Å². The van der Waals surface area contributed by atoms with Crippen molar-refractivity contribution >= 4 is 20.8 Å². The van der Waals surface area contributed by atoms with Gasteiger partial charge < -0.3 is 18.2 Å². The van der Waals surface area contributed by atoms with E-state index in [-0.39, 0.29) is 17.4 Å². The molecule has 0 fully saturated rings. The number of hydrogen-bond acceptors (Lipinski definition) is 8. The van der Waals surface area contributed by atoms with E-state index in [0.717, 1.165) is 0 Å². The largest absolute Gasteiger partial charge is 4.00 e. The second kappa shape index (κ2) is 5.86. The Morgan fingerprint density at radius 2 is 0.636 bits per heavy atom. The van der Waals surface area contributed by atoms with Gasteiger partial charge in [0.15, 0.2) is 0 Å². The summed E-state index contributed by atoms with van der Waals surface area (Å²) in [6.07, 6.45) is 0. The molecule has 0 aromatic rings. The van der Waals surface area contributed by atoms with Crippen LogP contribution in [0.5, 0.6) is 0 Å². The van der Waals surface area contributed by atoms with Crippen LogP contribution in [0.4, 0.5) is 0 Å². The Labute approximate surface area is 73.5 Å². The third kappa shape index (κ3) is 9470. The van der Waals surface area contributed by atoms with Gasteiger partial charge in [0, 0.05) is 20.8 Å². The van der Waals surface area contributed by atoms with Gasteiger partial charge in [0.1, 0.15) is 0 Å². The van der Waals surface area contributed by atoms with Crippen molar-refractivity contribution in [1.82, 2.24) is 0 Å². The quantitative estimate of drug-likeness (QED) is 0.329. The summed E-state index contributed by atoms with van der Waals surface area (Å²) in [7, 11) is -10.3. The maximum atomic E-state index is 8.52. The van der Waals surface area contributed by atoms with Crippen LogP contribution in [0.25, 0.3) is 0 Å². The van der Waals surface area contributed by atoms with Gasteiger partial charge in [0.05, 0.1) is 0 Å². The van der Waals surface area contributed by atoms with Crippen LogP contribution in [0, 0.1) is 0 Å². The summed E-state index contributed by atoms with van der Waals surface area (Å²) in [5.41, 5.74) is 0. The summed E-state index contributed by atoms with van der Waals surface area (Å²) in [5.74, 6) is 0. The first-order valence-corrected chi connectivity index (χ1v) is 4.00. The van der Waals surface area contributed by atoms with E-state index in [1.54, 1.807) is 0 Å². The Bertz CT molecular complexity index is 208. The molecule has 0 saturated heterocycles. The summed E-state index contributed by atoms with van der Waals surface area (Å²) in [5, 5.41) is 0. The topological polar surface area (TPSA) is 161 Å². The van der Waals surface area contributed by atoms with Crippen LogP contribution in [0.3, 0.4) is 0 Å². The van der Waals surface area contributed by atoms with Crippen LogP contribution in [-0.2, 0) is 38.2 Å². The first-order chi connectivity index (χ1) is 4.00. The molecule has 0 aliphatic heterocycles. The summed E-state index contributed by atoms with van der Waals surface area (Å²) in [6.45, 7) is 0. The van der Waals surface area contributed by atoms with Crippen LogP contribution in [-0.4, -0.2) is 35.0 Å². The fourth-order valence-electron chi connectivity index (χ4n) is 0. The zero-order chi connectivity index (χ0) is 9.00. The number of rotatable bonds is 0. The molecule has 0 unspecified atom stereocenters. The molecule has 0 amide bonds. The van der Waals surface area contributed by atoms with E-state index in [1.165, 1.54) is 0 Å². The van der Waals surface area contributed by atoms with E-state index in [4.69, 9.17) is 35.0 Å². The van der Waals surface area contributed by atoms with Gasteiger partial charge in [-0.15, -0.1) is 0 Å². The molecular weight excluding hydrogens is 244 g/mol. The molecule has 0 aliphatic carbocycles. The molecule has 0 spiro atoms. The van der Waals surface area contributed by atoms with Crippen molar-refractivity contribution < 1.29 is 52.4 Å². The second-order valence-corrected chi connectivity index (χ2v) is 2.45. The minimum atomic E-state index is -5.17. The van der Waals surface area contributed by atoms with Crippen molar-refractivity contribution in [3.8, 4) is 0 Å². The van der Waals surface area contributed by atoms with Gasteiger partial charge >= 0.3 is 17.4 Å². The Morgan fingerprint density at radius 1 is 0.636 bits per heavy atom. The Balaban J connectivity index is -0.000000107. The molecule has 0 saturated carbocycles. The minimum absolute atomic E-state index is 0. The summed E-state index contributed by atoms with van der Waals surface area (Å²) in [4.78, 5) is 0. The molecule has 11 heavy (non-hydrogen) atoms. The average Bonchev–Trinajstić information content (AvgIpc) is 1.12. The predicted molar refractivity (Wildman–Crippen MR) is 20.9 cm³/mol. The Kier molecular flexibility index (Phi) is 9.27. The van der Waals surface area contributed by atoms with E-state index < -0.39 is 20.8 Å². The molecule has 0 atom stereocenters. The molecule has 11 heteroatoms.